The van der Waals surface area contributed by atoms with Crippen LogP contribution in [0.25, 0.3) is 0 Å². The lowest BCUT2D eigenvalue weighted by molar-refractivity contribution is 0.0954. The summed E-state index contributed by atoms with van der Waals surface area (Å²) in [6, 6.07) is 11.6. The molecular weight excluding hydrogens is 426 g/mol. The van der Waals surface area contributed by atoms with Crippen LogP contribution in [-0.4, -0.2) is 54.2 Å². The molecule has 2 aromatic rings. The van der Waals surface area contributed by atoms with Gasteiger partial charge < -0.3 is 5.32 Å². The molecule has 11 heteroatoms. The van der Waals surface area contributed by atoms with Crippen LogP contribution in [0.1, 0.15) is 10.4 Å². The molecule has 0 radical (unpaired) electrons. The molecule has 0 atom stereocenters. The summed E-state index contributed by atoms with van der Waals surface area (Å²) in [5.74, 6) is -0.611. The van der Waals surface area contributed by atoms with E-state index in [1.54, 1.807) is 18.2 Å². The third-order valence-electron chi connectivity index (χ3n) is 3.72. The third kappa shape index (κ3) is 5.30. The van der Waals surface area contributed by atoms with E-state index in [0.717, 1.165) is 4.31 Å². The number of benzene rings is 2. The molecule has 0 aliphatic heterocycles. The molecule has 0 aromatic heterocycles. The van der Waals surface area contributed by atoms with Gasteiger partial charge in [-0.15, -0.1) is 0 Å². The van der Waals surface area contributed by atoms with Crippen molar-refractivity contribution in [2.24, 2.45) is 0 Å². The minimum absolute atomic E-state index is 0.00805. The summed E-state index contributed by atoms with van der Waals surface area (Å²) < 4.78 is 52.0. The molecule has 0 heterocycles. The van der Waals surface area contributed by atoms with E-state index in [1.807, 2.05) is 0 Å². The van der Waals surface area contributed by atoms with E-state index in [-0.39, 0.29) is 33.5 Å². The number of carbonyl (C=O) groups excluding carboxylic acids is 1. The quantitative estimate of drug-likeness (QED) is 0.594. The van der Waals surface area contributed by atoms with E-state index in [2.05, 4.69) is 10.0 Å². The Kier molecular flexibility index (Phi) is 7.18. The van der Waals surface area contributed by atoms with Gasteiger partial charge >= 0.3 is 0 Å². The second kappa shape index (κ2) is 9.01. The maximum Gasteiger partial charge on any atom is 0.252 e. The van der Waals surface area contributed by atoms with Crippen molar-refractivity contribution < 1.29 is 21.6 Å². The summed E-state index contributed by atoms with van der Waals surface area (Å²) in [7, 11) is -4.65. The molecular formula is C17H20ClN3O5S2. The Morgan fingerprint density at radius 3 is 2.21 bits per heavy atom. The fraction of sp³-hybridized carbons (Fsp3) is 0.235. The van der Waals surface area contributed by atoms with Crippen LogP contribution in [0.3, 0.4) is 0 Å². The van der Waals surface area contributed by atoms with Crippen molar-refractivity contribution in [3.8, 4) is 0 Å². The number of sulfonamides is 2. The number of amides is 1. The zero-order chi connectivity index (χ0) is 20.9. The first-order valence-electron chi connectivity index (χ1n) is 8.10. The number of nitrogens with zero attached hydrogens (tertiary/aromatic N) is 1. The van der Waals surface area contributed by atoms with Crippen LogP contribution in [0.5, 0.6) is 0 Å². The lowest BCUT2D eigenvalue weighted by Gasteiger charge is -2.13. The fourth-order valence-electron chi connectivity index (χ4n) is 2.19. The van der Waals surface area contributed by atoms with Gasteiger partial charge in [-0.3, -0.25) is 4.79 Å². The molecule has 8 nitrogen and oxygen atoms in total. The van der Waals surface area contributed by atoms with E-state index in [4.69, 9.17) is 11.6 Å². The van der Waals surface area contributed by atoms with Crippen LogP contribution in [0.2, 0.25) is 5.02 Å². The van der Waals surface area contributed by atoms with Crippen molar-refractivity contribution in [3.05, 3.63) is 59.1 Å². The molecule has 2 aromatic carbocycles. The Morgan fingerprint density at radius 2 is 1.61 bits per heavy atom. The van der Waals surface area contributed by atoms with Crippen LogP contribution in [-0.2, 0) is 20.0 Å². The number of rotatable bonds is 8. The molecule has 1 amide bonds. The Balaban J connectivity index is 2.02. The zero-order valence-corrected chi connectivity index (χ0v) is 17.6. The van der Waals surface area contributed by atoms with Gasteiger partial charge in [-0.2, -0.15) is 0 Å². The number of carbonyl (C=O) groups is 1. The van der Waals surface area contributed by atoms with E-state index in [1.165, 1.54) is 44.4 Å². The monoisotopic (exact) mass is 445 g/mol. The molecule has 152 valence electrons. The van der Waals surface area contributed by atoms with Gasteiger partial charge in [-0.05, 0) is 30.3 Å². The summed E-state index contributed by atoms with van der Waals surface area (Å²) >= 11 is 6.01. The van der Waals surface area contributed by atoms with Gasteiger partial charge in [0.2, 0.25) is 20.0 Å². The van der Waals surface area contributed by atoms with E-state index < -0.39 is 26.0 Å². The normalized spacial score (nSPS) is 12.1. The first-order chi connectivity index (χ1) is 13.1. The van der Waals surface area contributed by atoms with Crippen LogP contribution < -0.4 is 10.0 Å². The molecule has 0 spiro atoms. The van der Waals surface area contributed by atoms with Crippen molar-refractivity contribution in [1.82, 2.24) is 14.3 Å². The van der Waals surface area contributed by atoms with Crippen LogP contribution in [0.4, 0.5) is 0 Å². The summed E-state index contributed by atoms with van der Waals surface area (Å²) in [6.45, 7) is -0.0534. The van der Waals surface area contributed by atoms with Gasteiger partial charge in [0, 0.05) is 27.2 Å². The van der Waals surface area contributed by atoms with Crippen molar-refractivity contribution >= 4 is 37.6 Å². The highest BCUT2D eigenvalue weighted by molar-refractivity contribution is 7.89. The largest absolute Gasteiger partial charge is 0.351 e. The average Bonchev–Trinajstić information content (AvgIpc) is 2.65. The molecule has 28 heavy (non-hydrogen) atoms. The summed E-state index contributed by atoms with van der Waals surface area (Å²) in [4.78, 5) is 12.4. The van der Waals surface area contributed by atoms with Crippen molar-refractivity contribution in [2.45, 2.75) is 9.79 Å². The van der Waals surface area contributed by atoms with Gasteiger partial charge in [-0.25, -0.2) is 25.9 Å². The van der Waals surface area contributed by atoms with Gasteiger partial charge in [0.15, 0.2) is 0 Å². The highest BCUT2D eigenvalue weighted by atomic mass is 35.5. The Labute approximate surface area is 169 Å². The first-order valence-corrected chi connectivity index (χ1v) is 11.4. The smallest absolute Gasteiger partial charge is 0.252 e. The van der Waals surface area contributed by atoms with E-state index >= 15 is 0 Å². The lowest BCUT2D eigenvalue weighted by atomic mass is 10.2. The maximum absolute atomic E-state index is 12.3. The Bertz CT molecular complexity index is 1060. The van der Waals surface area contributed by atoms with Crippen molar-refractivity contribution in [3.63, 3.8) is 0 Å². The second-order valence-corrected chi connectivity index (χ2v) is 10.2. The van der Waals surface area contributed by atoms with Crippen LogP contribution >= 0.6 is 11.6 Å². The summed E-state index contributed by atoms with van der Waals surface area (Å²) in [5.41, 5.74) is -0.0180. The maximum atomic E-state index is 12.3. The topological polar surface area (TPSA) is 113 Å². The molecule has 2 rings (SSSR count). The molecule has 2 N–H and O–H groups in total. The van der Waals surface area contributed by atoms with Crippen LogP contribution in [0.15, 0.2) is 58.3 Å². The summed E-state index contributed by atoms with van der Waals surface area (Å²) in [5, 5.41) is 2.60. The number of hydrogen-bond donors (Lipinski definition) is 2. The molecule has 0 fully saturated rings. The predicted octanol–water partition coefficient (Wildman–Crippen LogP) is 1.30. The number of hydrogen-bond acceptors (Lipinski definition) is 5. The predicted molar refractivity (Wildman–Crippen MR) is 106 cm³/mol. The van der Waals surface area contributed by atoms with Crippen molar-refractivity contribution in [2.75, 3.05) is 27.2 Å². The molecule has 0 bridgehead atoms. The minimum Gasteiger partial charge on any atom is -0.351 e. The first kappa shape index (κ1) is 22.3. The minimum atomic E-state index is -3.72. The average molecular weight is 446 g/mol. The molecule has 0 aliphatic rings. The van der Waals surface area contributed by atoms with Gasteiger partial charge in [0.05, 0.1) is 20.4 Å². The van der Waals surface area contributed by atoms with E-state index in [9.17, 15) is 21.6 Å². The second-order valence-electron chi connectivity index (χ2n) is 5.90. The zero-order valence-electron chi connectivity index (χ0n) is 15.2. The lowest BCUT2D eigenvalue weighted by Crippen LogP contribution is -2.35. The highest BCUT2D eigenvalue weighted by Gasteiger charge is 2.21. The van der Waals surface area contributed by atoms with Crippen LogP contribution in [0, 0.1) is 0 Å². The SMILES string of the molecule is CN(C)S(=O)(=O)c1ccc(Cl)c(C(=O)NCCNS(=O)(=O)c2ccccc2)c1. The number of halogens is 1. The molecule has 0 unspecified atom stereocenters. The van der Waals surface area contributed by atoms with E-state index in [0.29, 0.717) is 0 Å². The standard InChI is InChI=1S/C17H20ClN3O5S2/c1-21(2)28(25,26)14-8-9-16(18)15(12-14)17(22)19-10-11-20-27(23,24)13-6-4-3-5-7-13/h3-9,12,20H,10-11H2,1-2H3,(H,19,22). The highest BCUT2D eigenvalue weighted by Crippen LogP contribution is 2.22. The Hall–Kier alpha value is -1.98. The molecule has 0 saturated heterocycles. The molecule has 0 saturated carbocycles. The van der Waals surface area contributed by atoms with Gasteiger partial charge in [-0.1, -0.05) is 29.8 Å². The number of nitrogens with one attached hydrogen (secondary N) is 2. The van der Waals surface area contributed by atoms with Gasteiger partial charge in [0.25, 0.3) is 5.91 Å². The summed E-state index contributed by atoms with van der Waals surface area (Å²) in [6.07, 6.45) is 0. The molecule has 0 aliphatic carbocycles. The van der Waals surface area contributed by atoms with Gasteiger partial charge in [0.1, 0.15) is 0 Å². The Morgan fingerprint density at radius 1 is 0.964 bits per heavy atom. The third-order valence-corrected chi connectivity index (χ3v) is 7.33. The fourth-order valence-corrected chi connectivity index (χ4v) is 4.37. The van der Waals surface area contributed by atoms with Crippen molar-refractivity contribution in [1.29, 1.82) is 0 Å².